The minimum absolute atomic E-state index is 0.818. The van der Waals surface area contributed by atoms with Crippen molar-refractivity contribution >= 4 is 0 Å². The van der Waals surface area contributed by atoms with Crippen molar-refractivity contribution in [1.82, 2.24) is 4.98 Å². The quantitative estimate of drug-likeness (QED) is 0.672. The van der Waals surface area contributed by atoms with Gasteiger partial charge in [0.1, 0.15) is 11.5 Å². The summed E-state index contributed by atoms with van der Waals surface area (Å²) in [6.07, 6.45) is 1.80. The van der Waals surface area contributed by atoms with E-state index in [4.69, 9.17) is 4.74 Å². The minimum Gasteiger partial charge on any atom is -0.457 e. The van der Waals surface area contributed by atoms with Crippen LogP contribution in [0.25, 0.3) is 11.3 Å². The van der Waals surface area contributed by atoms with Crippen molar-refractivity contribution in [1.29, 1.82) is 0 Å². The first-order chi connectivity index (χ1) is 9.81. The second-order valence-electron chi connectivity index (χ2n) is 4.66. The Kier molecular flexibility index (Phi) is 3.46. The Balaban J connectivity index is 1.88. The second kappa shape index (κ2) is 5.57. The summed E-state index contributed by atoms with van der Waals surface area (Å²) in [4.78, 5) is 4.36. The van der Waals surface area contributed by atoms with Crippen molar-refractivity contribution in [3.8, 4) is 22.8 Å². The maximum absolute atomic E-state index is 5.89. The lowest BCUT2D eigenvalue weighted by Crippen LogP contribution is -1.87. The molecule has 1 aromatic heterocycles. The fourth-order valence-electron chi connectivity index (χ4n) is 2.07. The Morgan fingerprint density at radius 2 is 1.60 bits per heavy atom. The zero-order chi connectivity index (χ0) is 13.8. The largest absolute Gasteiger partial charge is 0.457 e. The topological polar surface area (TPSA) is 22.1 Å². The molecule has 0 bridgehead atoms. The first-order valence-corrected chi connectivity index (χ1v) is 6.57. The van der Waals surface area contributed by atoms with E-state index >= 15 is 0 Å². The third-order valence-electron chi connectivity index (χ3n) is 3.02. The maximum Gasteiger partial charge on any atom is 0.128 e. The van der Waals surface area contributed by atoms with E-state index in [-0.39, 0.29) is 0 Å². The third-order valence-corrected chi connectivity index (χ3v) is 3.02. The molecule has 0 saturated heterocycles. The Morgan fingerprint density at radius 1 is 0.800 bits per heavy atom. The normalized spacial score (nSPS) is 10.2. The van der Waals surface area contributed by atoms with Gasteiger partial charge in [-0.05, 0) is 48.9 Å². The number of nitrogens with zero attached hydrogens (tertiary/aromatic N) is 1. The lowest BCUT2D eigenvalue weighted by molar-refractivity contribution is 0.482. The van der Waals surface area contributed by atoms with Crippen LogP contribution in [0.2, 0.25) is 0 Å². The van der Waals surface area contributed by atoms with Crippen molar-refractivity contribution in [2.75, 3.05) is 0 Å². The molecule has 0 fully saturated rings. The summed E-state index contributed by atoms with van der Waals surface area (Å²) in [5, 5.41) is 0. The number of pyridine rings is 1. The zero-order valence-corrected chi connectivity index (χ0v) is 11.3. The Hall–Kier alpha value is -2.61. The third kappa shape index (κ3) is 2.86. The molecule has 3 rings (SSSR count). The summed E-state index contributed by atoms with van der Waals surface area (Å²) in [5.41, 5.74) is 3.18. The molecule has 20 heavy (non-hydrogen) atoms. The number of hydrogen-bond donors (Lipinski definition) is 0. The average Bonchev–Trinajstić information content (AvgIpc) is 2.48. The fraction of sp³-hybridized carbons (Fsp3) is 0.0556. The van der Waals surface area contributed by atoms with Gasteiger partial charge in [0.25, 0.3) is 0 Å². The van der Waals surface area contributed by atoms with Crippen LogP contribution in [0.5, 0.6) is 11.5 Å². The van der Waals surface area contributed by atoms with Crippen LogP contribution in [0, 0.1) is 6.92 Å². The number of aryl methyl sites for hydroxylation is 1. The SMILES string of the molecule is Cc1cccc(Oc2cccc(-c3ccccn3)c2)c1. The molecule has 0 N–H and O–H groups in total. The summed E-state index contributed by atoms with van der Waals surface area (Å²) in [7, 11) is 0. The van der Waals surface area contributed by atoms with Gasteiger partial charge in [-0.15, -0.1) is 0 Å². The average molecular weight is 261 g/mol. The van der Waals surface area contributed by atoms with Gasteiger partial charge in [-0.25, -0.2) is 0 Å². The number of aromatic nitrogens is 1. The highest BCUT2D eigenvalue weighted by Gasteiger charge is 2.02. The molecule has 0 aliphatic heterocycles. The van der Waals surface area contributed by atoms with Gasteiger partial charge in [0.05, 0.1) is 5.69 Å². The van der Waals surface area contributed by atoms with Crippen LogP contribution < -0.4 is 4.74 Å². The van der Waals surface area contributed by atoms with Crippen molar-refractivity contribution in [3.63, 3.8) is 0 Å². The number of benzene rings is 2. The van der Waals surface area contributed by atoms with E-state index in [2.05, 4.69) is 18.0 Å². The van der Waals surface area contributed by atoms with Crippen LogP contribution in [0.1, 0.15) is 5.56 Å². The van der Waals surface area contributed by atoms with Crippen molar-refractivity contribution < 1.29 is 4.74 Å². The van der Waals surface area contributed by atoms with Gasteiger partial charge in [-0.2, -0.15) is 0 Å². The first kappa shape index (κ1) is 12.4. The highest BCUT2D eigenvalue weighted by Crippen LogP contribution is 2.26. The minimum atomic E-state index is 0.818. The van der Waals surface area contributed by atoms with E-state index in [1.54, 1.807) is 6.20 Å². The predicted octanol–water partition coefficient (Wildman–Crippen LogP) is 4.85. The van der Waals surface area contributed by atoms with Crippen molar-refractivity contribution in [3.05, 3.63) is 78.5 Å². The number of rotatable bonds is 3. The van der Waals surface area contributed by atoms with Gasteiger partial charge in [-0.1, -0.05) is 30.3 Å². The van der Waals surface area contributed by atoms with Gasteiger partial charge >= 0.3 is 0 Å². The molecule has 2 aromatic carbocycles. The molecule has 0 aliphatic carbocycles. The van der Waals surface area contributed by atoms with Crippen LogP contribution in [-0.2, 0) is 0 Å². The summed E-state index contributed by atoms with van der Waals surface area (Å²) in [5.74, 6) is 1.67. The highest BCUT2D eigenvalue weighted by atomic mass is 16.5. The van der Waals surface area contributed by atoms with E-state index in [0.717, 1.165) is 22.8 Å². The van der Waals surface area contributed by atoms with E-state index in [0.29, 0.717) is 0 Å². The van der Waals surface area contributed by atoms with Crippen LogP contribution in [0.3, 0.4) is 0 Å². The molecule has 0 unspecified atom stereocenters. The fourth-order valence-corrected chi connectivity index (χ4v) is 2.07. The molecule has 2 nitrogen and oxygen atoms in total. The van der Waals surface area contributed by atoms with Crippen LogP contribution in [-0.4, -0.2) is 4.98 Å². The molecular formula is C18H15NO. The molecule has 0 saturated carbocycles. The van der Waals surface area contributed by atoms with E-state index in [1.807, 2.05) is 60.7 Å². The summed E-state index contributed by atoms with van der Waals surface area (Å²) >= 11 is 0. The van der Waals surface area contributed by atoms with Gasteiger partial charge in [0.15, 0.2) is 0 Å². The first-order valence-electron chi connectivity index (χ1n) is 6.57. The van der Waals surface area contributed by atoms with E-state index in [9.17, 15) is 0 Å². The predicted molar refractivity (Wildman–Crippen MR) is 80.9 cm³/mol. The van der Waals surface area contributed by atoms with Crippen LogP contribution in [0.4, 0.5) is 0 Å². The van der Waals surface area contributed by atoms with Crippen molar-refractivity contribution in [2.24, 2.45) is 0 Å². The maximum atomic E-state index is 5.89. The van der Waals surface area contributed by atoms with Gasteiger partial charge in [-0.3, -0.25) is 4.98 Å². The zero-order valence-electron chi connectivity index (χ0n) is 11.3. The second-order valence-corrected chi connectivity index (χ2v) is 4.66. The Labute approximate surface area is 118 Å². The summed E-state index contributed by atoms with van der Waals surface area (Å²) in [6.45, 7) is 2.05. The van der Waals surface area contributed by atoms with Crippen molar-refractivity contribution in [2.45, 2.75) is 6.92 Å². The van der Waals surface area contributed by atoms with E-state index < -0.39 is 0 Å². The number of hydrogen-bond acceptors (Lipinski definition) is 2. The smallest absolute Gasteiger partial charge is 0.128 e. The molecule has 0 amide bonds. The highest BCUT2D eigenvalue weighted by molar-refractivity contribution is 5.61. The van der Waals surface area contributed by atoms with Gasteiger partial charge in [0, 0.05) is 11.8 Å². The van der Waals surface area contributed by atoms with Gasteiger partial charge < -0.3 is 4.74 Å². The summed E-state index contributed by atoms with van der Waals surface area (Å²) in [6, 6.07) is 21.9. The van der Waals surface area contributed by atoms with E-state index in [1.165, 1.54) is 5.56 Å². The Bertz CT molecular complexity index is 707. The molecule has 0 atom stereocenters. The van der Waals surface area contributed by atoms with Gasteiger partial charge in [0.2, 0.25) is 0 Å². The lowest BCUT2D eigenvalue weighted by atomic mass is 10.1. The standard InChI is InChI=1S/C18H15NO/c1-14-6-4-8-16(12-14)20-17-9-5-7-15(13-17)18-10-2-3-11-19-18/h2-13H,1H3. The molecule has 98 valence electrons. The Morgan fingerprint density at radius 3 is 2.35 bits per heavy atom. The van der Waals surface area contributed by atoms with Crippen LogP contribution in [0.15, 0.2) is 72.9 Å². The molecule has 2 heteroatoms. The molecule has 0 spiro atoms. The molecule has 1 heterocycles. The molecular weight excluding hydrogens is 246 g/mol. The number of ether oxygens (including phenoxy) is 1. The monoisotopic (exact) mass is 261 g/mol. The van der Waals surface area contributed by atoms with Crippen LogP contribution >= 0.6 is 0 Å². The lowest BCUT2D eigenvalue weighted by Gasteiger charge is -2.08. The summed E-state index contributed by atoms with van der Waals surface area (Å²) < 4.78 is 5.89. The molecule has 3 aromatic rings. The molecule has 0 radical (unpaired) electrons. The molecule has 0 aliphatic rings.